The second-order valence-corrected chi connectivity index (χ2v) is 7.57. The predicted molar refractivity (Wildman–Crippen MR) is 111 cm³/mol. The SMILES string of the molecule is CCOC(=O)C(Cc1ccc(OCc2ccccc2)cc1)NC(=O)OC(C)(C)C. The molecule has 0 aliphatic rings. The lowest BCUT2D eigenvalue weighted by atomic mass is 10.1. The maximum absolute atomic E-state index is 12.3. The van der Waals surface area contributed by atoms with Crippen LogP contribution in [0.25, 0.3) is 0 Å². The fraction of sp³-hybridized carbons (Fsp3) is 0.391. The summed E-state index contributed by atoms with van der Waals surface area (Å²) in [5, 5.41) is 2.60. The molecule has 2 aromatic rings. The number of hydrogen-bond donors (Lipinski definition) is 1. The molecule has 6 heteroatoms. The van der Waals surface area contributed by atoms with Crippen molar-refractivity contribution in [1.29, 1.82) is 0 Å². The normalized spacial score (nSPS) is 12.0. The number of benzene rings is 2. The Bertz CT molecular complexity index is 781. The van der Waals surface area contributed by atoms with E-state index in [0.717, 1.165) is 16.9 Å². The van der Waals surface area contributed by atoms with Crippen molar-refractivity contribution in [3.63, 3.8) is 0 Å². The van der Waals surface area contributed by atoms with Crippen molar-refractivity contribution >= 4 is 12.1 Å². The minimum atomic E-state index is -0.833. The first kappa shape index (κ1) is 22.3. The summed E-state index contributed by atoms with van der Waals surface area (Å²) in [7, 11) is 0. The fourth-order valence-corrected chi connectivity index (χ4v) is 2.58. The first-order chi connectivity index (χ1) is 13.8. The monoisotopic (exact) mass is 399 g/mol. The van der Waals surface area contributed by atoms with E-state index in [1.54, 1.807) is 27.7 Å². The van der Waals surface area contributed by atoms with E-state index < -0.39 is 23.7 Å². The number of hydrogen-bond acceptors (Lipinski definition) is 5. The Kier molecular flexibility index (Phi) is 8.07. The van der Waals surface area contributed by atoms with Crippen molar-refractivity contribution in [2.45, 2.75) is 52.4 Å². The number of nitrogens with one attached hydrogen (secondary N) is 1. The third kappa shape index (κ3) is 8.25. The predicted octanol–water partition coefficient (Wildman–Crippen LogP) is 4.26. The summed E-state index contributed by atoms with van der Waals surface area (Å²) in [6.07, 6.45) is -0.366. The van der Waals surface area contributed by atoms with Crippen molar-refractivity contribution in [1.82, 2.24) is 5.32 Å². The van der Waals surface area contributed by atoms with E-state index in [1.165, 1.54) is 0 Å². The highest BCUT2D eigenvalue weighted by Crippen LogP contribution is 2.16. The van der Waals surface area contributed by atoms with Crippen molar-refractivity contribution < 1.29 is 23.8 Å². The molecule has 0 aromatic heterocycles. The van der Waals surface area contributed by atoms with E-state index in [1.807, 2.05) is 54.6 Å². The Balaban J connectivity index is 1.98. The second-order valence-electron chi connectivity index (χ2n) is 7.57. The minimum absolute atomic E-state index is 0.234. The van der Waals surface area contributed by atoms with Crippen LogP contribution in [0, 0.1) is 0 Å². The first-order valence-corrected chi connectivity index (χ1v) is 9.68. The van der Waals surface area contributed by atoms with Gasteiger partial charge in [-0.15, -0.1) is 0 Å². The van der Waals surface area contributed by atoms with Gasteiger partial charge in [0.25, 0.3) is 0 Å². The second kappa shape index (κ2) is 10.5. The zero-order chi connectivity index (χ0) is 21.3. The quantitative estimate of drug-likeness (QED) is 0.671. The van der Waals surface area contributed by atoms with E-state index in [4.69, 9.17) is 14.2 Å². The molecule has 0 saturated carbocycles. The molecule has 0 bridgehead atoms. The molecule has 0 heterocycles. The van der Waals surface area contributed by atoms with Gasteiger partial charge in [0, 0.05) is 6.42 Å². The van der Waals surface area contributed by atoms with Crippen LogP contribution in [0.4, 0.5) is 4.79 Å². The Morgan fingerprint density at radius 3 is 2.21 bits per heavy atom. The van der Waals surface area contributed by atoms with Crippen LogP contribution in [0.1, 0.15) is 38.8 Å². The van der Waals surface area contributed by atoms with E-state index in [2.05, 4.69) is 5.32 Å². The Labute approximate surface area is 172 Å². The van der Waals surface area contributed by atoms with Gasteiger partial charge in [0.1, 0.15) is 24.0 Å². The van der Waals surface area contributed by atoms with Crippen LogP contribution in [0.2, 0.25) is 0 Å². The lowest BCUT2D eigenvalue weighted by molar-refractivity contribution is -0.145. The van der Waals surface area contributed by atoms with Crippen LogP contribution in [0.5, 0.6) is 5.75 Å². The van der Waals surface area contributed by atoms with Gasteiger partial charge in [0.2, 0.25) is 0 Å². The highest BCUT2D eigenvalue weighted by atomic mass is 16.6. The van der Waals surface area contributed by atoms with Crippen molar-refractivity contribution in [3.8, 4) is 5.75 Å². The number of carbonyl (C=O) groups excluding carboxylic acids is 2. The summed E-state index contributed by atoms with van der Waals surface area (Å²) in [4.78, 5) is 24.3. The van der Waals surface area contributed by atoms with Gasteiger partial charge in [0.05, 0.1) is 6.61 Å². The molecule has 2 aromatic carbocycles. The Hall–Kier alpha value is -3.02. The Morgan fingerprint density at radius 1 is 0.966 bits per heavy atom. The first-order valence-electron chi connectivity index (χ1n) is 9.68. The van der Waals surface area contributed by atoms with Crippen LogP contribution in [0.3, 0.4) is 0 Å². The van der Waals surface area contributed by atoms with Crippen LogP contribution in [-0.2, 0) is 27.3 Å². The van der Waals surface area contributed by atoms with Crippen LogP contribution in [0.15, 0.2) is 54.6 Å². The average molecular weight is 399 g/mol. The zero-order valence-electron chi connectivity index (χ0n) is 17.4. The maximum Gasteiger partial charge on any atom is 0.408 e. The van der Waals surface area contributed by atoms with Crippen LogP contribution >= 0.6 is 0 Å². The van der Waals surface area contributed by atoms with E-state index in [0.29, 0.717) is 6.61 Å². The maximum atomic E-state index is 12.3. The number of esters is 1. The van der Waals surface area contributed by atoms with E-state index >= 15 is 0 Å². The van der Waals surface area contributed by atoms with E-state index in [9.17, 15) is 9.59 Å². The molecule has 0 aliphatic carbocycles. The number of ether oxygens (including phenoxy) is 3. The van der Waals surface area contributed by atoms with Crippen molar-refractivity contribution in [2.75, 3.05) is 6.61 Å². The Morgan fingerprint density at radius 2 is 1.62 bits per heavy atom. The molecule has 0 saturated heterocycles. The summed E-state index contributed by atoms with van der Waals surface area (Å²) in [5.41, 5.74) is 1.30. The molecule has 29 heavy (non-hydrogen) atoms. The van der Waals surface area contributed by atoms with Crippen molar-refractivity contribution in [3.05, 3.63) is 65.7 Å². The van der Waals surface area contributed by atoms with Gasteiger partial charge in [-0.3, -0.25) is 0 Å². The van der Waals surface area contributed by atoms with Gasteiger partial charge in [0.15, 0.2) is 0 Å². The highest BCUT2D eigenvalue weighted by Gasteiger charge is 2.25. The summed E-state index contributed by atoms with van der Waals surface area (Å²) >= 11 is 0. The molecule has 1 amide bonds. The standard InChI is InChI=1S/C23H29NO5/c1-5-27-21(25)20(24-22(26)29-23(2,3)4)15-17-11-13-19(14-12-17)28-16-18-9-7-6-8-10-18/h6-14,20H,5,15-16H2,1-4H3,(H,24,26). The molecular weight excluding hydrogens is 370 g/mol. The minimum Gasteiger partial charge on any atom is -0.489 e. The molecule has 6 nitrogen and oxygen atoms in total. The molecular formula is C23H29NO5. The van der Waals surface area contributed by atoms with Crippen LogP contribution in [-0.4, -0.2) is 30.3 Å². The molecule has 0 aliphatic heterocycles. The number of carbonyl (C=O) groups is 2. The highest BCUT2D eigenvalue weighted by molar-refractivity contribution is 5.81. The van der Waals surface area contributed by atoms with E-state index in [-0.39, 0.29) is 13.0 Å². The molecule has 1 N–H and O–H groups in total. The summed E-state index contributed by atoms with van der Waals surface area (Å²) in [6, 6.07) is 16.5. The summed E-state index contributed by atoms with van der Waals surface area (Å²) in [5.74, 6) is 0.230. The number of amides is 1. The number of alkyl carbamates (subject to hydrolysis) is 1. The molecule has 1 atom stereocenters. The molecule has 0 spiro atoms. The fourth-order valence-electron chi connectivity index (χ4n) is 2.58. The molecule has 0 fully saturated rings. The number of rotatable bonds is 8. The lowest BCUT2D eigenvalue weighted by Crippen LogP contribution is -2.45. The zero-order valence-corrected chi connectivity index (χ0v) is 17.4. The third-order valence-electron chi connectivity index (χ3n) is 3.87. The van der Waals surface area contributed by atoms with Gasteiger partial charge in [-0.05, 0) is 51.0 Å². The van der Waals surface area contributed by atoms with Gasteiger partial charge < -0.3 is 19.5 Å². The largest absolute Gasteiger partial charge is 0.489 e. The topological polar surface area (TPSA) is 73.9 Å². The van der Waals surface area contributed by atoms with Crippen LogP contribution < -0.4 is 10.1 Å². The smallest absolute Gasteiger partial charge is 0.408 e. The van der Waals surface area contributed by atoms with Gasteiger partial charge >= 0.3 is 12.1 Å². The van der Waals surface area contributed by atoms with Gasteiger partial charge in [-0.25, -0.2) is 9.59 Å². The molecule has 1 unspecified atom stereocenters. The molecule has 2 rings (SSSR count). The van der Waals surface area contributed by atoms with Crippen molar-refractivity contribution in [2.24, 2.45) is 0 Å². The summed E-state index contributed by atoms with van der Waals surface area (Å²) < 4.78 is 16.1. The molecule has 156 valence electrons. The molecule has 0 radical (unpaired) electrons. The third-order valence-corrected chi connectivity index (χ3v) is 3.87. The van der Waals surface area contributed by atoms with Gasteiger partial charge in [-0.1, -0.05) is 42.5 Å². The lowest BCUT2D eigenvalue weighted by Gasteiger charge is -2.23. The van der Waals surface area contributed by atoms with Gasteiger partial charge in [-0.2, -0.15) is 0 Å². The average Bonchev–Trinajstić information content (AvgIpc) is 2.66. The summed E-state index contributed by atoms with van der Waals surface area (Å²) in [6.45, 7) is 7.73.